The maximum absolute atomic E-state index is 12.5. The zero-order valence-electron chi connectivity index (χ0n) is 22.5. The minimum Gasteiger partial charge on any atom is -0.456 e. The lowest BCUT2D eigenvalue weighted by Gasteiger charge is -2.60. The topological polar surface area (TPSA) is 113 Å². The standard InChI is InChI=1S/C30H40O9/c1-13(2)27(33)34-12-28-26(38-30(39-28)19-6-15-4-17(10-19)24(32)21(30)8-15)25-22(11-35-28)36-29(37-25)18-5-14-3-16(9-18)23(31)20(29)7-14/h14-26,31-32H,1,3-12H2,2H3/t14?,15?,16?,17?,18?,19?,20?,21?,22-,23?,24?,25-,26+,28-,29?,30?/m1/s1. The molecule has 2 N–H and O–H groups in total. The Morgan fingerprint density at radius 3 is 2.18 bits per heavy atom. The number of aliphatic hydroxyl groups is 2. The second-order valence-corrected chi connectivity index (χ2v) is 14.5. The van der Waals surface area contributed by atoms with Gasteiger partial charge in [-0.15, -0.1) is 0 Å². The Kier molecular flexibility index (Phi) is 4.94. The molecule has 8 bridgehead atoms. The molecule has 0 amide bonds. The Morgan fingerprint density at radius 2 is 1.51 bits per heavy atom. The van der Waals surface area contributed by atoms with Crippen molar-refractivity contribution in [1.29, 1.82) is 0 Å². The number of aliphatic hydroxyl groups excluding tert-OH is 2. The predicted molar refractivity (Wildman–Crippen MR) is 132 cm³/mol. The molecule has 8 aliphatic carbocycles. The van der Waals surface area contributed by atoms with Crippen LogP contribution in [0.1, 0.15) is 58.3 Å². The summed E-state index contributed by atoms with van der Waals surface area (Å²) in [5.74, 6) is -1.74. The molecule has 11 rings (SSSR count). The summed E-state index contributed by atoms with van der Waals surface area (Å²) in [5.41, 5.74) is 0.303. The number of rotatable bonds is 3. The monoisotopic (exact) mass is 544 g/mol. The Bertz CT molecular complexity index is 1110. The van der Waals surface area contributed by atoms with Crippen LogP contribution in [0.2, 0.25) is 0 Å². The molecule has 12 unspecified atom stereocenters. The summed E-state index contributed by atoms with van der Waals surface area (Å²) in [6.45, 7) is 5.42. The maximum atomic E-state index is 12.5. The van der Waals surface area contributed by atoms with E-state index in [0.717, 1.165) is 51.4 Å². The van der Waals surface area contributed by atoms with Gasteiger partial charge >= 0.3 is 5.97 Å². The van der Waals surface area contributed by atoms with Crippen LogP contribution in [0.15, 0.2) is 12.2 Å². The van der Waals surface area contributed by atoms with Gasteiger partial charge in [0, 0.05) is 29.2 Å². The van der Waals surface area contributed by atoms with Crippen molar-refractivity contribution in [1.82, 2.24) is 0 Å². The summed E-state index contributed by atoms with van der Waals surface area (Å²) >= 11 is 0. The molecule has 11 aliphatic rings. The van der Waals surface area contributed by atoms with E-state index in [-0.39, 0.29) is 48.9 Å². The largest absolute Gasteiger partial charge is 0.456 e. The summed E-state index contributed by atoms with van der Waals surface area (Å²) in [6, 6.07) is 0. The predicted octanol–water partition coefficient (Wildman–Crippen LogP) is 2.28. The number of ether oxygens (including phenoxy) is 6. The van der Waals surface area contributed by atoms with E-state index in [9.17, 15) is 15.0 Å². The van der Waals surface area contributed by atoms with Crippen molar-refractivity contribution in [2.75, 3.05) is 13.2 Å². The molecule has 0 radical (unpaired) electrons. The van der Waals surface area contributed by atoms with Gasteiger partial charge in [-0.05, 0) is 82.0 Å². The third-order valence-corrected chi connectivity index (χ3v) is 12.5. The van der Waals surface area contributed by atoms with Crippen molar-refractivity contribution in [3.63, 3.8) is 0 Å². The molecule has 3 aliphatic heterocycles. The van der Waals surface area contributed by atoms with E-state index < -0.39 is 47.7 Å². The first kappa shape index (κ1) is 24.5. The number of hydrogen-bond acceptors (Lipinski definition) is 9. The van der Waals surface area contributed by atoms with E-state index in [1.807, 2.05) is 0 Å². The molecule has 0 aromatic carbocycles. The van der Waals surface area contributed by atoms with E-state index in [1.165, 1.54) is 0 Å². The highest BCUT2D eigenvalue weighted by molar-refractivity contribution is 5.86. The summed E-state index contributed by atoms with van der Waals surface area (Å²) in [4.78, 5) is 12.5. The molecular weight excluding hydrogens is 504 g/mol. The first-order valence-electron chi connectivity index (χ1n) is 15.3. The van der Waals surface area contributed by atoms with Crippen molar-refractivity contribution in [3.05, 3.63) is 12.2 Å². The number of carbonyl (C=O) groups excluding carboxylic acids is 1. The van der Waals surface area contributed by atoms with Gasteiger partial charge in [-0.1, -0.05) is 6.58 Å². The molecule has 3 saturated heterocycles. The van der Waals surface area contributed by atoms with Gasteiger partial charge in [0.25, 0.3) is 0 Å². The zero-order valence-corrected chi connectivity index (χ0v) is 22.5. The van der Waals surface area contributed by atoms with Gasteiger partial charge in [0.2, 0.25) is 5.79 Å². The highest BCUT2D eigenvalue weighted by Gasteiger charge is 2.77. The van der Waals surface area contributed by atoms with E-state index in [2.05, 4.69) is 6.58 Å². The Hall–Kier alpha value is -1.07. The van der Waals surface area contributed by atoms with Crippen LogP contribution in [-0.4, -0.2) is 77.3 Å². The average molecular weight is 545 g/mol. The smallest absolute Gasteiger partial charge is 0.333 e. The highest BCUT2D eigenvalue weighted by atomic mass is 16.9. The summed E-state index contributed by atoms with van der Waals surface area (Å²) in [5, 5.41) is 22.6. The summed E-state index contributed by atoms with van der Waals surface area (Å²) in [6.07, 6.45) is 5.33. The summed E-state index contributed by atoms with van der Waals surface area (Å²) < 4.78 is 40.0. The average Bonchev–Trinajstić information content (AvgIpc) is 3.47. The van der Waals surface area contributed by atoms with E-state index in [1.54, 1.807) is 6.92 Å². The molecule has 2 spiro atoms. The molecule has 0 aromatic rings. The Balaban J connectivity index is 1.08. The molecule has 39 heavy (non-hydrogen) atoms. The quantitative estimate of drug-likeness (QED) is 0.408. The van der Waals surface area contributed by atoms with Gasteiger partial charge in [0.1, 0.15) is 24.9 Å². The van der Waals surface area contributed by atoms with Crippen LogP contribution in [0.5, 0.6) is 0 Å². The zero-order chi connectivity index (χ0) is 26.5. The van der Waals surface area contributed by atoms with Gasteiger partial charge in [-0.25, -0.2) is 4.79 Å². The van der Waals surface area contributed by atoms with Crippen LogP contribution >= 0.6 is 0 Å². The molecule has 9 nitrogen and oxygen atoms in total. The lowest BCUT2D eigenvalue weighted by molar-refractivity contribution is -0.360. The first-order valence-corrected chi connectivity index (χ1v) is 15.3. The second kappa shape index (κ2) is 7.85. The molecule has 214 valence electrons. The normalized spacial score (nSPS) is 61.2. The second-order valence-electron chi connectivity index (χ2n) is 14.5. The van der Waals surface area contributed by atoms with Crippen molar-refractivity contribution >= 4 is 5.97 Å². The lowest BCUT2D eigenvalue weighted by Crippen LogP contribution is -2.65. The number of fused-ring (bicyclic) bond motifs is 3. The van der Waals surface area contributed by atoms with Gasteiger partial charge in [-0.3, -0.25) is 0 Å². The minimum atomic E-state index is -1.36. The highest BCUT2D eigenvalue weighted by Crippen LogP contribution is 2.67. The van der Waals surface area contributed by atoms with Crippen LogP contribution in [0.4, 0.5) is 0 Å². The fourth-order valence-electron chi connectivity index (χ4n) is 11.1. The number of esters is 1. The SMILES string of the molecule is C=C(C)C(=O)OC[C@]12OC[C@H]3OC4(O[C@H]3[C@@H]1OC1(O2)C2CC3CC(C2)C(O)C1C3)C1CC2CC(C1)C(O)C4C2. The molecular formula is C30H40O9. The molecule has 3 heterocycles. The van der Waals surface area contributed by atoms with Crippen molar-refractivity contribution < 1.29 is 43.4 Å². The van der Waals surface area contributed by atoms with Crippen LogP contribution in [0.25, 0.3) is 0 Å². The van der Waals surface area contributed by atoms with Crippen LogP contribution in [0.3, 0.4) is 0 Å². The van der Waals surface area contributed by atoms with Crippen LogP contribution in [0, 0.1) is 47.3 Å². The summed E-state index contributed by atoms with van der Waals surface area (Å²) in [7, 11) is 0. The number of carbonyl (C=O) groups is 1. The Morgan fingerprint density at radius 1 is 0.872 bits per heavy atom. The molecule has 8 saturated carbocycles. The fourth-order valence-corrected chi connectivity index (χ4v) is 11.1. The third-order valence-electron chi connectivity index (χ3n) is 12.5. The van der Waals surface area contributed by atoms with E-state index in [4.69, 9.17) is 28.4 Å². The van der Waals surface area contributed by atoms with Crippen LogP contribution in [-0.2, 0) is 33.2 Å². The number of hydrogen-bond donors (Lipinski definition) is 2. The first-order chi connectivity index (χ1) is 18.7. The molecule has 11 fully saturated rings. The van der Waals surface area contributed by atoms with Gasteiger partial charge < -0.3 is 38.6 Å². The minimum absolute atomic E-state index is 0.0609. The van der Waals surface area contributed by atoms with E-state index in [0.29, 0.717) is 23.3 Å². The van der Waals surface area contributed by atoms with E-state index >= 15 is 0 Å². The van der Waals surface area contributed by atoms with Crippen molar-refractivity contribution in [2.45, 2.75) is 106 Å². The Labute approximate surface area is 228 Å². The fraction of sp³-hybridized carbons (Fsp3) is 0.900. The lowest BCUT2D eigenvalue weighted by atomic mass is 9.52. The van der Waals surface area contributed by atoms with Crippen LogP contribution < -0.4 is 0 Å². The van der Waals surface area contributed by atoms with Crippen molar-refractivity contribution in [3.8, 4) is 0 Å². The maximum Gasteiger partial charge on any atom is 0.333 e. The van der Waals surface area contributed by atoms with Gasteiger partial charge in [-0.2, -0.15) is 0 Å². The molecule has 0 aromatic heterocycles. The van der Waals surface area contributed by atoms with Gasteiger partial charge in [0.05, 0.1) is 18.8 Å². The molecule has 16 atom stereocenters. The van der Waals surface area contributed by atoms with Crippen molar-refractivity contribution in [2.24, 2.45) is 47.3 Å². The molecule has 9 heteroatoms. The van der Waals surface area contributed by atoms with Gasteiger partial charge in [0.15, 0.2) is 11.6 Å². The third kappa shape index (κ3) is 3.03.